The van der Waals surface area contributed by atoms with Gasteiger partial charge in [0.2, 0.25) is 0 Å². The molecule has 3 aromatic carbocycles. The molecule has 128 valence electrons. The zero-order chi connectivity index (χ0) is 17.9. The van der Waals surface area contributed by atoms with E-state index in [0.717, 1.165) is 21.1 Å². The van der Waals surface area contributed by atoms with E-state index >= 15 is 0 Å². The maximum absolute atomic E-state index is 4.89. The van der Waals surface area contributed by atoms with Gasteiger partial charge in [-0.2, -0.15) is 0 Å². The molecule has 0 unspecified atom stereocenters. The molecule has 0 saturated heterocycles. The molecule has 1 aromatic heterocycles. The summed E-state index contributed by atoms with van der Waals surface area (Å²) in [4.78, 5) is 12.1. The summed E-state index contributed by atoms with van der Waals surface area (Å²) in [5, 5.41) is 1.89. The third kappa shape index (κ3) is 3.92. The van der Waals surface area contributed by atoms with Gasteiger partial charge < -0.3 is 0 Å². The van der Waals surface area contributed by atoms with Crippen molar-refractivity contribution in [3.05, 3.63) is 83.9 Å². The monoisotopic (exact) mass is 374 g/mol. The predicted octanol–water partition coefficient (Wildman–Crippen LogP) is 6.55. The summed E-state index contributed by atoms with van der Waals surface area (Å²) in [6, 6.07) is 25.1. The predicted molar refractivity (Wildman–Crippen MR) is 110 cm³/mol. The molecule has 0 fully saturated rings. The number of hydrogen-bond donors (Lipinski definition) is 0. The first-order chi connectivity index (χ1) is 12.7. The summed E-state index contributed by atoms with van der Waals surface area (Å²) >= 11 is 3.33. The highest BCUT2D eigenvalue weighted by Gasteiger charge is 2.12. The van der Waals surface area contributed by atoms with Gasteiger partial charge in [0.25, 0.3) is 0 Å². The fourth-order valence-electron chi connectivity index (χ4n) is 2.54. The molecule has 0 N–H and O–H groups in total. The minimum absolute atomic E-state index is 0.926. The molecule has 0 aliphatic carbocycles. The number of nitrogens with zero attached hydrogens (tertiary/aromatic N) is 2. The van der Waals surface area contributed by atoms with Crippen molar-refractivity contribution in [2.75, 3.05) is 0 Å². The van der Waals surface area contributed by atoms with Crippen molar-refractivity contribution in [1.82, 2.24) is 9.97 Å². The van der Waals surface area contributed by atoms with Crippen LogP contribution < -0.4 is 0 Å². The van der Waals surface area contributed by atoms with Crippen LogP contribution in [0.1, 0.15) is 11.1 Å². The number of fused-ring (bicyclic) bond motifs is 1. The van der Waals surface area contributed by atoms with Crippen LogP contribution in [0.3, 0.4) is 0 Å². The topological polar surface area (TPSA) is 25.8 Å². The van der Waals surface area contributed by atoms with Crippen LogP contribution >= 0.6 is 23.5 Å². The molecule has 0 radical (unpaired) electrons. The quantitative estimate of drug-likeness (QED) is 0.404. The van der Waals surface area contributed by atoms with Gasteiger partial charge in [-0.05, 0) is 50.2 Å². The minimum atomic E-state index is 0.926. The fraction of sp³-hybridized carbons (Fsp3) is 0.0909. The number of benzene rings is 3. The molecule has 0 atom stereocenters. The molecule has 0 bridgehead atoms. The largest absolute Gasteiger partial charge is 0.237 e. The van der Waals surface area contributed by atoms with E-state index in [2.05, 4.69) is 62.4 Å². The lowest BCUT2D eigenvalue weighted by molar-refractivity contribution is 0.968. The second-order valence-electron chi connectivity index (χ2n) is 6.15. The van der Waals surface area contributed by atoms with E-state index in [4.69, 9.17) is 9.97 Å². The Bertz CT molecular complexity index is 956. The summed E-state index contributed by atoms with van der Waals surface area (Å²) < 4.78 is 0. The Hall–Kier alpha value is -2.30. The number of hydrogen-bond acceptors (Lipinski definition) is 4. The van der Waals surface area contributed by atoms with Gasteiger partial charge in [-0.25, -0.2) is 9.97 Å². The Morgan fingerprint density at radius 2 is 0.923 bits per heavy atom. The van der Waals surface area contributed by atoms with Crippen molar-refractivity contribution in [2.24, 2.45) is 0 Å². The number of aryl methyl sites for hydroxylation is 2. The number of para-hydroxylation sites is 2. The molecule has 2 nitrogen and oxygen atoms in total. The molecule has 4 aromatic rings. The van der Waals surface area contributed by atoms with Crippen molar-refractivity contribution in [3.8, 4) is 0 Å². The molecular formula is C22H18N2S2. The van der Waals surface area contributed by atoms with E-state index in [1.54, 1.807) is 23.5 Å². The van der Waals surface area contributed by atoms with E-state index in [9.17, 15) is 0 Å². The Labute approximate surface area is 162 Å². The smallest absolute Gasteiger partial charge is 0.134 e. The Morgan fingerprint density at radius 3 is 1.31 bits per heavy atom. The van der Waals surface area contributed by atoms with Crippen molar-refractivity contribution < 1.29 is 0 Å². The molecule has 0 spiro atoms. The van der Waals surface area contributed by atoms with Gasteiger partial charge >= 0.3 is 0 Å². The molecule has 4 rings (SSSR count). The van der Waals surface area contributed by atoms with Crippen LogP contribution in [0.2, 0.25) is 0 Å². The lowest BCUT2D eigenvalue weighted by atomic mass is 10.2. The third-order valence-electron chi connectivity index (χ3n) is 3.98. The molecule has 26 heavy (non-hydrogen) atoms. The van der Waals surface area contributed by atoms with Crippen LogP contribution in [0.5, 0.6) is 0 Å². The zero-order valence-electron chi connectivity index (χ0n) is 14.6. The Kier molecular flexibility index (Phi) is 4.96. The first-order valence-corrected chi connectivity index (χ1v) is 10.1. The molecule has 0 aliphatic heterocycles. The standard InChI is InChI=1S/C22H18N2S2/c1-15-7-11-17(12-8-15)25-21-22(26-18-13-9-16(2)10-14-18)24-20-6-4-3-5-19(20)23-21/h3-14H,1-2H3. The summed E-state index contributed by atoms with van der Waals surface area (Å²) in [5.74, 6) is 0. The summed E-state index contributed by atoms with van der Waals surface area (Å²) in [7, 11) is 0. The highest BCUT2D eigenvalue weighted by molar-refractivity contribution is 8.02. The second kappa shape index (κ2) is 7.52. The lowest BCUT2D eigenvalue weighted by Crippen LogP contribution is -1.92. The summed E-state index contributed by atoms with van der Waals surface area (Å²) in [5.41, 5.74) is 4.37. The van der Waals surface area contributed by atoms with Gasteiger partial charge in [-0.1, -0.05) is 71.0 Å². The van der Waals surface area contributed by atoms with Gasteiger partial charge in [0.15, 0.2) is 0 Å². The highest BCUT2D eigenvalue weighted by Crippen LogP contribution is 2.37. The summed E-state index contributed by atoms with van der Waals surface area (Å²) in [6.07, 6.45) is 0. The van der Waals surface area contributed by atoms with Gasteiger partial charge in [0.05, 0.1) is 11.0 Å². The van der Waals surface area contributed by atoms with E-state index in [1.807, 2.05) is 24.3 Å². The number of aromatic nitrogens is 2. The maximum atomic E-state index is 4.89. The van der Waals surface area contributed by atoms with Crippen molar-refractivity contribution >= 4 is 34.6 Å². The van der Waals surface area contributed by atoms with Gasteiger partial charge in [0.1, 0.15) is 10.1 Å². The SMILES string of the molecule is Cc1ccc(Sc2nc3ccccc3nc2Sc2ccc(C)cc2)cc1. The van der Waals surface area contributed by atoms with Crippen LogP contribution in [0, 0.1) is 13.8 Å². The maximum Gasteiger partial charge on any atom is 0.134 e. The Morgan fingerprint density at radius 1 is 0.538 bits per heavy atom. The van der Waals surface area contributed by atoms with E-state index in [-0.39, 0.29) is 0 Å². The Balaban J connectivity index is 1.75. The third-order valence-corrected chi connectivity index (χ3v) is 6.08. The van der Waals surface area contributed by atoms with Crippen LogP contribution in [0.15, 0.2) is 92.6 Å². The zero-order valence-corrected chi connectivity index (χ0v) is 16.3. The fourth-order valence-corrected chi connectivity index (χ4v) is 4.33. The van der Waals surface area contributed by atoms with E-state index < -0.39 is 0 Å². The van der Waals surface area contributed by atoms with Crippen LogP contribution in [-0.2, 0) is 0 Å². The molecule has 4 heteroatoms. The van der Waals surface area contributed by atoms with Crippen molar-refractivity contribution in [1.29, 1.82) is 0 Å². The molecule has 1 heterocycles. The van der Waals surface area contributed by atoms with Crippen LogP contribution in [-0.4, -0.2) is 9.97 Å². The molecule has 0 amide bonds. The minimum Gasteiger partial charge on any atom is -0.237 e. The molecule has 0 aliphatic rings. The van der Waals surface area contributed by atoms with Gasteiger partial charge in [-0.15, -0.1) is 0 Å². The van der Waals surface area contributed by atoms with Gasteiger partial charge in [0, 0.05) is 9.79 Å². The first-order valence-electron chi connectivity index (χ1n) is 8.43. The van der Waals surface area contributed by atoms with E-state index in [0.29, 0.717) is 0 Å². The second-order valence-corrected chi connectivity index (χ2v) is 8.28. The van der Waals surface area contributed by atoms with Crippen LogP contribution in [0.25, 0.3) is 11.0 Å². The van der Waals surface area contributed by atoms with E-state index in [1.165, 1.54) is 20.9 Å². The normalized spacial score (nSPS) is 11.0. The molecular weight excluding hydrogens is 356 g/mol. The average molecular weight is 375 g/mol. The lowest BCUT2D eigenvalue weighted by Gasteiger charge is -2.09. The van der Waals surface area contributed by atoms with Crippen LogP contribution in [0.4, 0.5) is 0 Å². The first kappa shape index (κ1) is 17.1. The summed E-state index contributed by atoms with van der Waals surface area (Å²) in [6.45, 7) is 4.20. The molecule has 0 saturated carbocycles. The number of rotatable bonds is 4. The van der Waals surface area contributed by atoms with Crippen molar-refractivity contribution in [2.45, 2.75) is 33.7 Å². The average Bonchev–Trinajstić information content (AvgIpc) is 2.66. The highest BCUT2D eigenvalue weighted by atomic mass is 32.2. The van der Waals surface area contributed by atoms with Crippen molar-refractivity contribution in [3.63, 3.8) is 0 Å². The van der Waals surface area contributed by atoms with Gasteiger partial charge in [-0.3, -0.25) is 0 Å².